The smallest absolute Gasteiger partial charge is 0.00489 e. The fraction of sp³-hybridized carbons (Fsp3) is 0.818. The van der Waals surface area contributed by atoms with Crippen LogP contribution in [0.15, 0.2) is 25.3 Å². The number of hydrogen-bond acceptors (Lipinski definition) is 1. The lowest BCUT2D eigenvalue weighted by molar-refractivity contribution is 0.534. The lowest BCUT2D eigenvalue weighted by Crippen LogP contribution is -2.16. The summed E-state index contributed by atoms with van der Waals surface area (Å²) in [7, 11) is 0. The summed E-state index contributed by atoms with van der Waals surface area (Å²) in [6.45, 7) is 9.98. The van der Waals surface area contributed by atoms with Crippen molar-refractivity contribution in [1.29, 1.82) is 0 Å². The average molecular weight is 322 g/mol. The summed E-state index contributed by atoms with van der Waals surface area (Å²) < 4.78 is 0. The third kappa shape index (κ3) is 21.4. The van der Waals surface area contributed by atoms with Gasteiger partial charge in [-0.05, 0) is 51.6 Å². The molecule has 0 spiro atoms. The van der Waals surface area contributed by atoms with E-state index < -0.39 is 0 Å². The molecule has 0 aliphatic carbocycles. The molecule has 0 atom stereocenters. The predicted octanol–water partition coefficient (Wildman–Crippen LogP) is 7.19. The number of allylic oxidation sites excluding steroid dienone is 2. The van der Waals surface area contributed by atoms with Gasteiger partial charge in [0.15, 0.2) is 0 Å². The molecule has 0 aromatic heterocycles. The van der Waals surface area contributed by atoms with E-state index in [1.807, 2.05) is 12.2 Å². The molecular formula is C22H43N. The van der Waals surface area contributed by atoms with Crippen LogP contribution in [-0.2, 0) is 0 Å². The lowest BCUT2D eigenvalue weighted by Gasteiger charge is -2.05. The highest BCUT2D eigenvalue weighted by molar-refractivity contribution is 4.66. The third-order valence-corrected chi connectivity index (χ3v) is 4.52. The van der Waals surface area contributed by atoms with Gasteiger partial charge in [-0.2, -0.15) is 0 Å². The molecule has 1 nitrogen and oxygen atoms in total. The highest BCUT2D eigenvalue weighted by Crippen LogP contribution is 2.09. The van der Waals surface area contributed by atoms with Crippen LogP contribution < -0.4 is 5.32 Å². The maximum atomic E-state index is 3.77. The Bertz CT molecular complexity index is 210. The normalized spacial score (nSPS) is 10.8. The molecule has 136 valence electrons. The van der Waals surface area contributed by atoms with E-state index in [2.05, 4.69) is 18.5 Å². The molecule has 0 bridgehead atoms. The number of nitrogens with one attached hydrogen (secondary N) is 1. The molecule has 1 heteroatoms. The Kier molecular flexibility index (Phi) is 20.9. The quantitative estimate of drug-likeness (QED) is 0.185. The largest absolute Gasteiger partial charge is 0.317 e. The first kappa shape index (κ1) is 22.4. The molecule has 0 aromatic carbocycles. The topological polar surface area (TPSA) is 12.0 Å². The molecule has 0 fully saturated rings. The van der Waals surface area contributed by atoms with Gasteiger partial charge in [0.05, 0.1) is 0 Å². The van der Waals surface area contributed by atoms with Gasteiger partial charge in [-0.15, -0.1) is 13.2 Å². The summed E-state index contributed by atoms with van der Waals surface area (Å²) in [4.78, 5) is 0. The maximum absolute atomic E-state index is 3.77. The van der Waals surface area contributed by atoms with Crippen molar-refractivity contribution in [1.82, 2.24) is 5.32 Å². The molecule has 0 aliphatic heterocycles. The van der Waals surface area contributed by atoms with Gasteiger partial charge >= 0.3 is 0 Å². The second kappa shape index (κ2) is 21.4. The van der Waals surface area contributed by atoms with E-state index in [0.29, 0.717) is 0 Å². The SMILES string of the molecule is C=CCCCCCCCCCNCCCCCCCCCC=C. The molecule has 0 unspecified atom stereocenters. The zero-order chi connectivity index (χ0) is 16.8. The van der Waals surface area contributed by atoms with E-state index in [9.17, 15) is 0 Å². The number of unbranched alkanes of at least 4 members (excludes halogenated alkanes) is 14. The van der Waals surface area contributed by atoms with Crippen LogP contribution >= 0.6 is 0 Å². The van der Waals surface area contributed by atoms with Crippen molar-refractivity contribution in [2.24, 2.45) is 0 Å². The minimum Gasteiger partial charge on any atom is -0.317 e. The van der Waals surface area contributed by atoms with Crippen molar-refractivity contribution in [3.63, 3.8) is 0 Å². The minimum atomic E-state index is 1.19. The second-order valence-electron chi connectivity index (χ2n) is 6.85. The zero-order valence-electron chi connectivity index (χ0n) is 15.8. The van der Waals surface area contributed by atoms with Gasteiger partial charge in [0.1, 0.15) is 0 Å². The highest BCUT2D eigenvalue weighted by Gasteiger charge is 1.94. The van der Waals surface area contributed by atoms with Crippen LogP contribution in [0.5, 0.6) is 0 Å². The Labute approximate surface area is 147 Å². The third-order valence-electron chi connectivity index (χ3n) is 4.52. The Balaban J connectivity index is 2.94. The van der Waals surface area contributed by atoms with Crippen molar-refractivity contribution >= 4 is 0 Å². The molecule has 0 aliphatic rings. The summed E-state index contributed by atoms with van der Waals surface area (Å²) in [5.74, 6) is 0. The molecular weight excluding hydrogens is 278 g/mol. The van der Waals surface area contributed by atoms with E-state index >= 15 is 0 Å². The average Bonchev–Trinajstić information content (AvgIpc) is 2.57. The Morgan fingerprint density at radius 1 is 0.435 bits per heavy atom. The Morgan fingerprint density at radius 3 is 1.09 bits per heavy atom. The molecule has 23 heavy (non-hydrogen) atoms. The predicted molar refractivity (Wildman–Crippen MR) is 107 cm³/mol. The van der Waals surface area contributed by atoms with Crippen LogP contribution in [0.2, 0.25) is 0 Å². The summed E-state index contributed by atoms with van der Waals surface area (Å²) in [6, 6.07) is 0. The molecule has 0 heterocycles. The molecule has 0 rings (SSSR count). The first-order valence-electron chi connectivity index (χ1n) is 10.3. The van der Waals surface area contributed by atoms with E-state index in [1.54, 1.807) is 0 Å². The molecule has 0 aromatic rings. The summed E-state index contributed by atoms with van der Waals surface area (Å²) >= 11 is 0. The van der Waals surface area contributed by atoms with Gasteiger partial charge in [-0.3, -0.25) is 0 Å². The van der Waals surface area contributed by atoms with E-state index in [0.717, 1.165) is 0 Å². The van der Waals surface area contributed by atoms with Crippen molar-refractivity contribution in [3.8, 4) is 0 Å². The van der Waals surface area contributed by atoms with Gasteiger partial charge in [0.2, 0.25) is 0 Å². The summed E-state index contributed by atoms with van der Waals surface area (Å²) in [5.41, 5.74) is 0. The van der Waals surface area contributed by atoms with Gasteiger partial charge in [-0.25, -0.2) is 0 Å². The van der Waals surface area contributed by atoms with Crippen molar-refractivity contribution in [2.75, 3.05) is 13.1 Å². The maximum Gasteiger partial charge on any atom is -0.00489 e. The monoisotopic (exact) mass is 321 g/mol. The van der Waals surface area contributed by atoms with Crippen molar-refractivity contribution < 1.29 is 0 Å². The first-order valence-corrected chi connectivity index (χ1v) is 10.3. The van der Waals surface area contributed by atoms with E-state index in [-0.39, 0.29) is 0 Å². The van der Waals surface area contributed by atoms with Crippen LogP contribution in [0.1, 0.15) is 103 Å². The highest BCUT2D eigenvalue weighted by atomic mass is 14.8. The van der Waals surface area contributed by atoms with E-state index in [4.69, 9.17) is 0 Å². The van der Waals surface area contributed by atoms with Crippen LogP contribution in [-0.4, -0.2) is 13.1 Å². The lowest BCUT2D eigenvalue weighted by atomic mass is 10.1. The summed E-state index contributed by atoms with van der Waals surface area (Å²) in [6.07, 6.45) is 25.9. The van der Waals surface area contributed by atoms with Crippen LogP contribution in [0.25, 0.3) is 0 Å². The summed E-state index contributed by atoms with van der Waals surface area (Å²) in [5, 5.41) is 3.60. The van der Waals surface area contributed by atoms with Crippen LogP contribution in [0, 0.1) is 0 Å². The zero-order valence-corrected chi connectivity index (χ0v) is 15.8. The number of rotatable bonds is 20. The van der Waals surface area contributed by atoms with Gasteiger partial charge in [0, 0.05) is 0 Å². The molecule has 0 amide bonds. The Hall–Kier alpha value is -0.560. The molecule has 0 saturated carbocycles. The van der Waals surface area contributed by atoms with Crippen LogP contribution in [0.3, 0.4) is 0 Å². The Morgan fingerprint density at radius 2 is 0.739 bits per heavy atom. The fourth-order valence-corrected chi connectivity index (χ4v) is 2.97. The second-order valence-corrected chi connectivity index (χ2v) is 6.85. The van der Waals surface area contributed by atoms with Crippen molar-refractivity contribution in [3.05, 3.63) is 25.3 Å². The van der Waals surface area contributed by atoms with Gasteiger partial charge < -0.3 is 5.32 Å². The number of hydrogen-bond donors (Lipinski definition) is 1. The van der Waals surface area contributed by atoms with Gasteiger partial charge in [-0.1, -0.05) is 76.4 Å². The standard InChI is InChI=1S/C22H43N/c1-3-5-7-9-11-13-15-17-19-21-23-22-20-18-16-14-12-10-8-6-4-2/h3-4,23H,1-2,5-22H2. The molecule has 0 saturated heterocycles. The molecule has 1 N–H and O–H groups in total. The molecule has 0 radical (unpaired) electrons. The van der Waals surface area contributed by atoms with Crippen LogP contribution in [0.4, 0.5) is 0 Å². The van der Waals surface area contributed by atoms with Gasteiger partial charge in [0.25, 0.3) is 0 Å². The van der Waals surface area contributed by atoms with E-state index in [1.165, 1.54) is 116 Å². The first-order chi connectivity index (χ1) is 11.4. The minimum absolute atomic E-state index is 1.19. The fourth-order valence-electron chi connectivity index (χ4n) is 2.97. The van der Waals surface area contributed by atoms with Crippen molar-refractivity contribution in [2.45, 2.75) is 103 Å².